The summed E-state index contributed by atoms with van der Waals surface area (Å²) in [6.45, 7) is 0. The number of carbonyl (C=O) groups is 1. The number of carboxylic acid groups (broad SMARTS) is 1. The van der Waals surface area contributed by atoms with Gasteiger partial charge in [-0.3, -0.25) is 0 Å². The van der Waals surface area contributed by atoms with Gasteiger partial charge in [-0.2, -0.15) is 18.4 Å². The average Bonchev–Trinajstić information content (AvgIpc) is 2.83. The van der Waals surface area contributed by atoms with E-state index in [1.54, 1.807) is 6.07 Å². The molecule has 0 unspecified atom stereocenters. The van der Waals surface area contributed by atoms with Crippen LogP contribution in [0.25, 0.3) is 5.69 Å². The Morgan fingerprint density at radius 2 is 2.00 bits per heavy atom. The zero-order valence-electron chi connectivity index (χ0n) is 10.1. The van der Waals surface area contributed by atoms with Crippen molar-refractivity contribution in [1.29, 1.82) is 5.26 Å². The van der Waals surface area contributed by atoms with Gasteiger partial charge in [0.2, 0.25) is 0 Å². The van der Waals surface area contributed by atoms with E-state index >= 15 is 0 Å². The smallest absolute Gasteiger partial charge is 0.418 e. The van der Waals surface area contributed by atoms with Crippen molar-refractivity contribution in [2.75, 3.05) is 0 Å². The molecule has 0 aliphatic carbocycles. The van der Waals surface area contributed by atoms with Gasteiger partial charge in [0.15, 0.2) is 0 Å². The first-order chi connectivity index (χ1) is 9.74. The fourth-order valence-electron chi connectivity index (χ4n) is 1.80. The van der Waals surface area contributed by atoms with E-state index in [0.717, 1.165) is 10.8 Å². The van der Waals surface area contributed by atoms with Crippen molar-refractivity contribution in [3.8, 4) is 11.8 Å². The summed E-state index contributed by atoms with van der Waals surface area (Å²) in [5.41, 5.74) is -1.85. The highest BCUT2D eigenvalue weighted by molar-refractivity contribution is 9.10. The second kappa shape index (κ2) is 5.26. The number of aromatic carboxylic acids is 1. The van der Waals surface area contributed by atoms with E-state index in [9.17, 15) is 18.0 Å². The van der Waals surface area contributed by atoms with E-state index in [1.807, 2.05) is 6.07 Å². The highest BCUT2D eigenvalue weighted by Crippen LogP contribution is 2.34. The van der Waals surface area contributed by atoms with E-state index in [1.165, 1.54) is 12.1 Å². The molecular formula is C13H6BrF3N2O2. The quantitative estimate of drug-likeness (QED) is 0.886. The maximum atomic E-state index is 12.8. The molecule has 0 aliphatic heterocycles. The van der Waals surface area contributed by atoms with E-state index in [-0.39, 0.29) is 11.3 Å². The second-order valence-electron chi connectivity index (χ2n) is 4.07. The van der Waals surface area contributed by atoms with Gasteiger partial charge in [-0.1, -0.05) is 15.9 Å². The summed E-state index contributed by atoms with van der Waals surface area (Å²) in [4.78, 5) is 10.9. The van der Waals surface area contributed by atoms with Crippen LogP contribution in [-0.2, 0) is 6.18 Å². The fraction of sp³-hybridized carbons (Fsp3) is 0.0769. The number of hydrogen-bond acceptors (Lipinski definition) is 2. The zero-order valence-corrected chi connectivity index (χ0v) is 11.7. The summed E-state index contributed by atoms with van der Waals surface area (Å²) in [7, 11) is 0. The van der Waals surface area contributed by atoms with Gasteiger partial charge in [-0.25, -0.2) is 4.79 Å². The van der Waals surface area contributed by atoms with Crippen LogP contribution >= 0.6 is 15.9 Å². The molecule has 0 bridgehead atoms. The van der Waals surface area contributed by atoms with Gasteiger partial charge in [-0.15, -0.1) is 0 Å². The summed E-state index contributed by atoms with van der Waals surface area (Å²) in [5, 5.41) is 17.9. The number of benzene rings is 1. The van der Waals surface area contributed by atoms with Crippen molar-refractivity contribution < 1.29 is 23.1 Å². The monoisotopic (exact) mass is 358 g/mol. The van der Waals surface area contributed by atoms with Crippen LogP contribution in [-0.4, -0.2) is 15.6 Å². The molecule has 0 atom stereocenters. The second-order valence-corrected chi connectivity index (χ2v) is 4.98. The molecule has 0 saturated carbocycles. The molecule has 1 aromatic heterocycles. The number of aromatic nitrogens is 1. The molecule has 0 saturated heterocycles. The van der Waals surface area contributed by atoms with Gasteiger partial charge < -0.3 is 9.67 Å². The molecule has 4 nitrogen and oxygen atoms in total. The van der Waals surface area contributed by atoms with E-state index in [2.05, 4.69) is 15.9 Å². The maximum absolute atomic E-state index is 12.8. The zero-order chi connectivity index (χ0) is 15.8. The molecule has 1 N–H and O–H groups in total. The lowest BCUT2D eigenvalue weighted by molar-refractivity contribution is -0.138. The number of rotatable bonds is 2. The predicted molar refractivity (Wildman–Crippen MR) is 70.1 cm³/mol. The van der Waals surface area contributed by atoms with E-state index < -0.39 is 23.3 Å². The van der Waals surface area contributed by atoms with Crippen molar-refractivity contribution in [3.05, 3.63) is 51.8 Å². The average molecular weight is 359 g/mol. The van der Waals surface area contributed by atoms with Gasteiger partial charge in [0.25, 0.3) is 0 Å². The minimum absolute atomic E-state index is 0.124. The van der Waals surface area contributed by atoms with Crippen molar-refractivity contribution >= 4 is 21.9 Å². The Bertz CT molecular complexity index is 760. The summed E-state index contributed by atoms with van der Waals surface area (Å²) >= 11 is 3.16. The molecule has 0 amide bonds. The normalized spacial score (nSPS) is 11.2. The molecule has 2 rings (SSSR count). The van der Waals surface area contributed by atoms with Gasteiger partial charge in [0.1, 0.15) is 6.07 Å². The van der Waals surface area contributed by atoms with Crippen LogP contribution in [0.4, 0.5) is 13.2 Å². The Labute approximate surface area is 125 Å². The molecule has 0 radical (unpaired) electrons. The third kappa shape index (κ3) is 2.92. The van der Waals surface area contributed by atoms with Crippen LogP contribution in [0.3, 0.4) is 0 Å². The molecule has 108 valence electrons. The number of alkyl halides is 3. The highest BCUT2D eigenvalue weighted by Gasteiger charge is 2.37. The number of carboxylic acids is 1. The van der Waals surface area contributed by atoms with Gasteiger partial charge in [0, 0.05) is 16.9 Å². The van der Waals surface area contributed by atoms with Crippen LogP contribution in [0.1, 0.15) is 21.5 Å². The largest absolute Gasteiger partial charge is 0.478 e. The predicted octanol–water partition coefficient (Wildman–Crippen LogP) is 3.83. The first-order valence-electron chi connectivity index (χ1n) is 5.46. The molecular weight excluding hydrogens is 353 g/mol. The molecule has 8 heteroatoms. The fourth-order valence-corrected chi connectivity index (χ4v) is 2.15. The lowest BCUT2D eigenvalue weighted by Gasteiger charge is -2.06. The molecule has 0 spiro atoms. The minimum atomic E-state index is -4.79. The number of nitrogens with zero attached hydrogens (tertiary/aromatic N) is 2. The third-order valence-corrected chi connectivity index (χ3v) is 3.21. The number of halogens is 4. The molecule has 2 aromatic rings. The topological polar surface area (TPSA) is 66.0 Å². The van der Waals surface area contributed by atoms with Crippen LogP contribution in [0.15, 0.2) is 35.1 Å². The third-order valence-electron chi connectivity index (χ3n) is 2.72. The standard InChI is InChI=1S/C13H6BrF3N2O2/c14-8-2-1-7(4-18)11(3-8)19-5-9(12(20)21)10(6-19)13(15,16)17/h1-3,5-6H,(H,20,21). The van der Waals surface area contributed by atoms with Crippen molar-refractivity contribution in [2.45, 2.75) is 6.18 Å². The van der Waals surface area contributed by atoms with Crippen molar-refractivity contribution in [3.63, 3.8) is 0 Å². The number of hydrogen-bond donors (Lipinski definition) is 1. The SMILES string of the molecule is N#Cc1ccc(Br)cc1-n1cc(C(=O)O)c(C(F)(F)F)c1. The van der Waals surface area contributed by atoms with Gasteiger partial charge in [-0.05, 0) is 18.2 Å². The van der Waals surface area contributed by atoms with Gasteiger partial charge in [0.05, 0.1) is 22.4 Å². The van der Waals surface area contributed by atoms with Crippen LogP contribution in [0, 0.1) is 11.3 Å². The Kier molecular flexibility index (Phi) is 3.78. The molecule has 0 fully saturated rings. The lowest BCUT2D eigenvalue weighted by Crippen LogP contribution is -2.09. The van der Waals surface area contributed by atoms with Crippen LogP contribution < -0.4 is 0 Å². The lowest BCUT2D eigenvalue weighted by atomic mass is 10.2. The van der Waals surface area contributed by atoms with E-state index in [0.29, 0.717) is 10.7 Å². The Balaban J connectivity index is 2.70. The summed E-state index contributed by atoms with van der Waals surface area (Å²) in [6.07, 6.45) is -3.29. The first-order valence-corrected chi connectivity index (χ1v) is 6.26. The first kappa shape index (κ1) is 15.1. The Hall–Kier alpha value is -2.27. The van der Waals surface area contributed by atoms with Crippen LogP contribution in [0.2, 0.25) is 0 Å². The van der Waals surface area contributed by atoms with Crippen molar-refractivity contribution in [2.24, 2.45) is 0 Å². The van der Waals surface area contributed by atoms with Crippen molar-refractivity contribution in [1.82, 2.24) is 4.57 Å². The Morgan fingerprint density at radius 3 is 2.48 bits per heavy atom. The summed E-state index contributed by atoms with van der Waals surface area (Å²) in [5.74, 6) is -1.69. The maximum Gasteiger partial charge on any atom is 0.418 e. The van der Waals surface area contributed by atoms with Crippen LogP contribution in [0.5, 0.6) is 0 Å². The number of nitriles is 1. The summed E-state index contributed by atoms with van der Waals surface area (Å²) in [6, 6.07) is 6.27. The molecule has 0 aliphatic rings. The highest BCUT2D eigenvalue weighted by atomic mass is 79.9. The summed E-state index contributed by atoms with van der Waals surface area (Å²) < 4.78 is 40.1. The van der Waals surface area contributed by atoms with Gasteiger partial charge >= 0.3 is 12.1 Å². The van der Waals surface area contributed by atoms with E-state index in [4.69, 9.17) is 10.4 Å². The minimum Gasteiger partial charge on any atom is -0.478 e. The molecule has 21 heavy (non-hydrogen) atoms. The molecule has 1 heterocycles. The Morgan fingerprint density at radius 1 is 1.33 bits per heavy atom. The molecule has 1 aromatic carbocycles.